The summed E-state index contributed by atoms with van der Waals surface area (Å²) in [5.74, 6) is 1.28. The summed E-state index contributed by atoms with van der Waals surface area (Å²) in [7, 11) is 0. The van der Waals surface area contributed by atoms with Gasteiger partial charge in [0.05, 0.1) is 0 Å². The normalized spacial score (nSPS) is 14.5. The Labute approximate surface area is 118 Å². The molecule has 20 heavy (non-hydrogen) atoms. The first-order valence-corrected chi connectivity index (χ1v) is 6.68. The topological polar surface area (TPSA) is 67.8 Å². The molecule has 0 saturated heterocycles. The molecule has 0 aliphatic carbocycles. The zero-order chi connectivity index (χ0) is 14.4. The Morgan fingerprint density at radius 3 is 3.05 bits per heavy atom. The summed E-state index contributed by atoms with van der Waals surface area (Å²) in [6.07, 6.45) is 4.68. The quantitative estimate of drug-likeness (QED) is 0.777. The second-order valence-electron chi connectivity index (χ2n) is 4.72. The Morgan fingerprint density at radius 1 is 1.45 bits per heavy atom. The molecule has 1 amide bonds. The number of carbonyl (C=O) groups excluding carboxylic acids is 1. The molecule has 5 heteroatoms. The molecule has 2 rings (SSSR count). The molecule has 1 unspecified atom stereocenters. The molecule has 108 valence electrons. The number of carbonyl (C=O) groups is 1. The highest BCUT2D eigenvalue weighted by Crippen LogP contribution is 2.32. The molecule has 1 heterocycles. The van der Waals surface area contributed by atoms with E-state index in [1.165, 1.54) is 6.08 Å². The molecule has 0 fully saturated rings. The van der Waals surface area contributed by atoms with Crippen molar-refractivity contribution >= 4 is 12.0 Å². The fourth-order valence-corrected chi connectivity index (χ4v) is 1.95. The van der Waals surface area contributed by atoms with Crippen LogP contribution in [0.1, 0.15) is 25.3 Å². The van der Waals surface area contributed by atoms with E-state index in [-0.39, 0.29) is 25.3 Å². The van der Waals surface area contributed by atoms with E-state index in [0.717, 1.165) is 17.7 Å². The van der Waals surface area contributed by atoms with Gasteiger partial charge in [0, 0.05) is 18.7 Å². The van der Waals surface area contributed by atoms with Crippen molar-refractivity contribution in [3.63, 3.8) is 0 Å². The minimum Gasteiger partial charge on any atom is -0.454 e. The molecule has 1 aliphatic rings. The first kappa shape index (κ1) is 14.4. The average Bonchev–Trinajstić information content (AvgIpc) is 2.90. The van der Waals surface area contributed by atoms with Gasteiger partial charge in [-0.1, -0.05) is 6.07 Å². The van der Waals surface area contributed by atoms with Gasteiger partial charge >= 0.3 is 0 Å². The molecule has 1 aliphatic heterocycles. The fourth-order valence-electron chi connectivity index (χ4n) is 1.95. The van der Waals surface area contributed by atoms with Crippen LogP contribution in [0.15, 0.2) is 24.3 Å². The molecule has 0 spiro atoms. The molecule has 0 radical (unpaired) electrons. The van der Waals surface area contributed by atoms with Gasteiger partial charge in [-0.25, -0.2) is 0 Å². The predicted octanol–water partition coefficient (Wildman–Crippen LogP) is 1.71. The van der Waals surface area contributed by atoms with Crippen molar-refractivity contribution in [1.29, 1.82) is 0 Å². The zero-order valence-corrected chi connectivity index (χ0v) is 11.5. The maximum Gasteiger partial charge on any atom is 0.244 e. The molecule has 0 aromatic heterocycles. The monoisotopic (exact) mass is 277 g/mol. The van der Waals surface area contributed by atoms with Crippen molar-refractivity contribution in [3.05, 3.63) is 29.8 Å². The second kappa shape index (κ2) is 6.96. The van der Waals surface area contributed by atoms with Crippen LogP contribution in [0, 0.1) is 0 Å². The van der Waals surface area contributed by atoms with Crippen LogP contribution in [0.4, 0.5) is 0 Å². The molecule has 1 aromatic carbocycles. The largest absolute Gasteiger partial charge is 0.454 e. The second-order valence-corrected chi connectivity index (χ2v) is 4.72. The van der Waals surface area contributed by atoms with E-state index in [0.29, 0.717) is 12.2 Å². The van der Waals surface area contributed by atoms with Gasteiger partial charge in [0.2, 0.25) is 12.7 Å². The summed E-state index contributed by atoms with van der Waals surface area (Å²) in [5.41, 5.74) is 0.882. The Morgan fingerprint density at radius 2 is 2.25 bits per heavy atom. The van der Waals surface area contributed by atoms with Gasteiger partial charge in [-0.2, -0.15) is 0 Å². The summed E-state index contributed by atoms with van der Waals surface area (Å²) >= 11 is 0. The number of rotatable bonds is 6. The van der Waals surface area contributed by atoms with Crippen molar-refractivity contribution < 1.29 is 19.4 Å². The minimum atomic E-state index is -0.145. The third kappa shape index (κ3) is 3.99. The Balaban J connectivity index is 1.87. The SMILES string of the molecule is CC(CCCO)NC(=O)/C=C/c1ccc2c(c1)OCO2. The van der Waals surface area contributed by atoms with Crippen LogP contribution in [0.5, 0.6) is 11.5 Å². The zero-order valence-electron chi connectivity index (χ0n) is 11.5. The van der Waals surface area contributed by atoms with Crippen LogP contribution >= 0.6 is 0 Å². The lowest BCUT2D eigenvalue weighted by Gasteiger charge is -2.11. The molecule has 1 aromatic rings. The van der Waals surface area contributed by atoms with Crippen LogP contribution in [0.25, 0.3) is 6.08 Å². The van der Waals surface area contributed by atoms with Gasteiger partial charge in [0.25, 0.3) is 0 Å². The van der Waals surface area contributed by atoms with Crippen LogP contribution in [-0.2, 0) is 4.79 Å². The van der Waals surface area contributed by atoms with Gasteiger partial charge in [-0.3, -0.25) is 4.79 Å². The summed E-state index contributed by atoms with van der Waals surface area (Å²) in [6, 6.07) is 5.58. The van der Waals surface area contributed by atoms with Crippen molar-refractivity contribution in [2.75, 3.05) is 13.4 Å². The molecular weight excluding hydrogens is 258 g/mol. The Hall–Kier alpha value is -2.01. The number of fused-ring (bicyclic) bond motifs is 1. The third-order valence-corrected chi connectivity index (χ3v) is 3.01. The van der Waals surface area contributed by atoms with E-state index in [9.17, 15) is 4.79 Å². The number of nitrogens with one attached hydrogen (secondary N) is 1. The lowest BCUT2D eigenvalue weighted by Crippen LogP contribution is -2.31. The molecular formula is C15H19NO4. The van der Waals surface area contributed by atoms with E-state index < -0.39 is 0 Å². The van der Waals surface area contributed by atoms with Gasteiger partial charge in [-0.15, -0.1) is 0 Å². The van der Waals surface area contributed by atoms with Gasteiger partial charge < -0.3 is 19.9 Å². The lowest BCUT2D eigenvalue weighted by molar-refractivity contribution is -0.117. The predicted molar refractivity (Wildman–Crippen MR) is 75.5 cm³/mol. The van der Waals surface area contributed by atoms with Crippen LogP contribution in [-0.4, -0.2) is 30.5 Å². The summed E-state index contributed by atoms with van der Waals surface area (Å²) in [6.45, 7) is 2.31. The fraction of sp³-hybridized carbons (Fsp3) is 0.400. The number of hydrogen-bond donors (Lipinski definition) is 2. The van der Waals surface area contributed by atoms with Crippen molar-refractivity contribution in [3.8, 4) is 11.5 Å². The van der Waals surface area contributed by atoms with E-state index in [4.69, 9.17) is 14.6 Å². The standard InChI is InChI=1S/C15H19NO4/c1-11(3-2-8-17)16-15(18)7-5-12-4-6-13-14(9-12)20-10-19-13/h4-7,9,11,17H,2-3,8,10H2,1H3,(H,16,18)/b7-5+. The highest BCUT2D eigenvalue weighted by molar-refractivity contribution is 5.92. The smallest absolute Gasteiger partial charge is 0.244 e. The number of amides is 1. The number of aliphatic hydroxyl groups excluding tert-OH is 1. The highest BCUT2D eigenvalue weighted by Gasteiger charge is 2.12. The number of hydrogen-bond acceptors (Lipinski definition) is 4. The van der Waals surface area contributed by atoms with Crippen LogP contribution in [0.3, 0.4) is 0 Å². The van der Waals surface area contributed by atoms with E-state index in [1.54, 1.807) is 6.08 Å². The van der Waals surface area contributed by atoms with Crippen molar-refractivity contribution in [1.82, 2.24) is 5.32 Å². The first-order valence-electron chi connectivity index (χ1n) is 6.68. The van der Waals surface area contributed by atoms with Gasteiger partial charge in [0.15, 0.2) is 11.5 Å². The Bertz CT molecular complexity index is 499. The van der Waals surface area contributed by atoms with E-state index in [1.807, 2.05) is 25.1 Å². The van der Waals surface area contributed by atoms with Crippen molar-refractivity contribution in [2.24, 2.45) is 0 Å². The average molecular weight is 277 g/mol. The van der Waals surface area contributed by atoms with Gasteiger partial charge in [0.1, 0.15) is 0 Å². The molecule has 1 atom stereocenters. The summed E-state index contributed by atoms with van der Waals surface area (Å²) in [4.78, 5) is 11.7. The van der Waals surface area contributed by atoms with Crippen molar-refractivity contribution in [2.45, 2.75) is 25.8 Å². The first-order chi connectivity index (χ1) is 9.69. The summed E-state index contributed by atoms with van der Waals surface area (Å²) in [5, 5.41) is 11.6. The van der Waals surface area contributed by atoms with E-state index in [2.05, 4.69) is 5.32 Å². The van der Waals surface area contributed by atoms with Crippen LogP contribution < -0.4 is 14.8 Å². The molecule has 5 nitrogen and oxygen atoms in total. The lowest BCUT2D eigenvalue weighted by atomic mass is 10.1. The number of ether oxygens (including phenoxy) is 2. The molecule has 0 saturated carbocycles. The third-order valence-electron chi connectivity index (χ3n) is 3.01. The molecule has 2 N–H and O–H groups in total. The van der Waals surface area contributed by atoms with Gasteiger partial charge in [-0.05, 0) is 43.5 Å². The maximum absolute atomic E-state index is 11.7. The molecule has 0 bridgehead atoms. The minimum absolute atomic E-state index is 0.0519. The highest BCUT2D eigenvalue weighted by atomic mass is 16.7. The van der Waals surface area contributed by atoms with Crippen LogP contribution in [0.2, 0.25) is 0 Å². The van der Waals surface area contributed by atoms with E-state index >= 15 is 0 Å². The maximum atomic E-state index is 11.7. The Kier molecular flexibility index (Phi) is 5.01. The number of benzene rings is 1. The number of aliphatic hydroxyl groups is 1. The summed E-state index contributed by atoms with van der Waals surface area (Å²) < 4.78 is 10.5.